The number of carbonyl (C=O) groups is 1. The van der Waals surface area contributed by atoms with Crippen LogP contribution in [0.4, 0.5) is 11.8 Å². The summed E-state index contributed by atoms with van der Waals surface area (Å²) < 4.78 is 5.06. The predicted molar refractivity (Wildman–Crippen MR) is 115 cm³/mol. The highest BCUT2D eigenvalue weighted by Gasteiger charge is 2.23. The maximum Gasteiger partial charge on any atom is 0.328 e. The summed E-state index contributed by atoms with van der Waals surface area (Å²) in [6.45, 7) is 1.92. The molecule has 1 aliphatic heterocycles. The minimum absolute atomic E-state index is 0.309. The van der Waals surface area contributed by atoms with Crippen molar-refractivity contribution in [2.45, 2.75) is 31.7 Å². The third kappa shape index (κ3) is 4.47. The fraction of sp³-hybridized carbons (Fsp3) is 0.348. The number of carbonyl (C=O) groups excluding carboxylic acids is 1. The second-order valence-corrected chi connectivity index (χ2v) is 7.35. The molecular formula is C23H26N4O2. The summed E-state index contributed by atoms with van der Waals surface area (Å²) >= 11 is 0. The van der Waals surface area contributed by atoms with Gasteiger partial charge in [0.1, 0.15) is 11.9 Å². The Labute approximate surface area is 170 Å². The SMILES string of the molecule is COC(=O)C(Cc1ccccc1)Nc1nc(N2CCCCC2)nc2ccccc12. The number of hydrogen-bond donors (Lipinski definition) is 1. The average molecular weight is 390 g/mol. The average Bonchev–Trinajstić information content (AvgIpc) is 2.79. The molecule has 1 N–H and O–H groups in total. The molecule has 29 heavy (non-hydrogen) atoms. The first-order chi connectivity index (χ1) is 14.2. The fourth-order valence-corrected chi connectivity index (χ4v) is 3.76. The summed E-state index contributed by atoms with van der Waals surface area (Å²) in [5.41, 5.74) is 1.93. The first-order valence-corrected chi connectivity index (χ1v) is 10.1. The van der Waals surface area contributed by atoms with Gasteiger partial charge in [0.15, 0.2) is 0 Å². The number of para-hydroxylation sites is 1. The molecule has 0 aliphatic carbocycles. The van der Waals surface area contributed by atoms with E-state index >= 15 is 0 Å². The quantitative estimate of drug-likeness (QED) is 0.646. The van der Waals surface area contributed by atoms with Crippen LogP contribution in [0.3, 0.4) is 0 Å². The molecule has 1 aromatic heterocycles. The molecule has 0 saturated carbocycles. The topological polar surface area (TPSA) is 67.3 Å². The number of ether oxygens (including phenoxy) is 1. The number of esters is 1. The molecule has 1 saturated heterocycles. The highest BCUT2D eigenvalue weighted by molar-refractivity contribution is 5.92. The van der Waals surface area contributed by atoms with Crippen LogP contribution in [0.15, 0.2) is 54.6 Å². The summed E-state index contributed by atoms with van der Waals surface area (Å²) in [5.74, 6) is 1.08. The van der Waals surface area contributed by atoms with E-state index in [9.17, 15) is 4.79 Å². The number of benzene rings is 2. The van der Waals surface area contributed by atoms with Gasteiger partial charge in [0.05, 0.1) is 12.6 Å². The van der Waals surface area contributed by atoms with Gasteiger partial charge in [-0.25, -0.2) is 9.78 Å². The molecular weight excluding hydrogens is 364 g/mol. The molecule has 0 spiro atoms. The number of rotatable bonds is 6. The molecule has 1 fully saturated rings. The van der Waals surface area contributed by atoms with Gasteiger partial charge in [-0.15, -0.1) is 0 Å². The van der Waals surface area contributed by atoms with E-state index in [1.165, 1.54) is 13.5 Å². The predicted octanol–water partition coefficient (Wildman–Crippen LogP) is 3.82. The van der Waals surface area contributed by atoms with Crippen molar-refractivity contribution in [1.29, 1.82) is 0 Å². The first-order valence-electron chi connectivity index (χ1n) is 10.1. The van der Waals surface area contributed by atoms with E-state index in [1.807, 2.05) is 54.6 Å². The smallest absolute Gasteiger partial charge is 0.328 e. The Bertz CT molecular complexity index is 971. The Morgan fingerprint density at radius 1 is 1.03 bits per heavy atom. The van der Waals surface area contributed by atoms with Crippen LogP contribution < -0.4 is 10.2 Å². The van der Waals surface area contributed by atoms with E-state index in [1.54, 1.807) is 0 Å². The first kappa shape index (κ1) is 19.2. The molecule has 0 amide bonds. The third-order valence-electron chi connectivity index (χ3n) is 5.31. The number of piperidine rings is 1. The highest BCUT2D eigenvalue weighted by atomic mass is 16.5. The lowest BCUT2D eigenvalue weighted by molar-refractivity contribution is -0.141. The molecule has 1 aliphatic rings. The lowest BCUT2D eigenvalue weighted by Gasteiger charge is -2.27. The summed E-state index contributed by atoms with van der Waals surface area (Å²) in [7, 11) is 1.42. The van der Waals surface area contributed by atoms with Crippen molar-refractivity contribution in [3.8, 4) is 0 Å². The van der Waals surface area contributed by atoms with Crippen molar-refractivity contribution in [2.24, 2.45) is 0 Å². The van der Waals surface area contributed by atoms with Crippen molar-refractivity contribution in [3.05, 3.63) is 60.2 Å². The van der Waals surface area contributed by atoms with Crippen molar-refractivity contribution in [2.75, 3.05) is 30.4 Å². The molecule has 150 valence electrons. The van der Waals surface area contributed by atoms with Crippen LogP contribution in [0.1, 0.15) is 24.8 Å². The molecule has 0 radical (unpaired) electrons. The Morgan fingerprint density at radius 2 is 1.76 bits per heavy atom. The molecule has 0 bridgehead atoms. The molecule has 6 heteroatoms. The van der Waals surface area contributed by atoms with Gasteiger partial charge in [-0.05, 0) is 37.0 Å². The minimum atomic E-state index is -0.532. The van der Waals surface area contributed by atoms with Gasteiger partial charge in [0.25, 0.3) is 0 Å². The number of aromatic nitrogens is 2. The molecule has 6 nitrogen and oxygen atoms in total. The highest BCUT2D eigenvalue weighted by Crippen LogP contribution is 2.26. The second-order valence-electron chi connectivity index (χ2n) is 7.35. The van der Waals surface area contributed by atoms with Crippen molar-refractivity contribution in [3.63, 3.8) is 0 Å². The molecule has 4 rings (SSSR count). The Hall–Kier alpha value is -3.15. The van der Waals surface area contributed by atoms with Gasteiger partial charge in [-0.2, -0.15) is 4.98 Å². The summed E-state index contributed by atoms with van der Waals surface area (Å²) in [6.07, 6.45) is 4.07. The number of fused-ring (bicyclic) bond motifs is 1. The van der Waals surface area contributed by atoms with E-state index in [0.29, 0.717) is 18.2 Å². The molecule has 1 atom stereocenters. The van der Waals surface area contributed by atoms with Crippen LogP contribution in [0.5, 0.6) is 0 Å². The lowest BCUT2D eigenvalue weighted by Crippen LogP contribution is -2.34. The van der Waals surface area contributed by atoms with E-state index in [0.717, 1.165) is 42.4 Å². The van der Waals surface area contributed by atoms with E-state index < -0.39 is 6.04 Å². The van der Waals surface area contributed by atoms with Gasteiger partial charge in [-0.3, -0.25) is 0 Å². The normalized spacial score (nSPS) is 15.1. The van der Waals surface area contributed by atoms with E-state index in [-0.39, 0.29) is 5.97 Å². The number of hydrogen-bond acceptors (Lipinski definition) is 6. The van der Waals surface area contributed by atoms with E-state index in [4.69, 9.17) is 14.7 Å². The minimum Gasteiger partial charge on any atom is -0.467 e. The van der Waals surface area contributed by atoms with Crippen molar-refractivity contribution < 1.29 is 9.53 Å². The van der Waals surface area contributed by atoms with Crippen LogP contribution >= 0.6 is 0 Å². The fourth-order valence-electron chi connectivity index (χ4n) is 3.76. The number of anilines is 2. The van der Waals surface area contributed by atoms with Gasteiger partial charge in [0, 0.05) is 24.9 Å². The van der Waals surface area contributed by atoms with Crippen LogP contribution in [0.2, 0.25) is 0 Å². The summed E-state index contributed by atoms with van der Waals surface area (Å²) in [6, 6.07) is 17.3. The van der Waals surface area contributed by atoms with Gasteiger partial charge >= 0.3 is 5.97 Å². The monoisotopic (exact) mass is 390 g/mol. The van der Waals surface area contributed by atoms with Crippen molar-refractivity contribution in [1.82, 2.24) is 9.97 Å². The third-order valence-corrected chi connectivity index (χ3v) is 5.31. The van der Waals surface area contributed by atoms with Crippen LogP contribution in [0, 0.1) is 0 Å². The van der Waals surface area contributed by atoms with Gasteiger partial charge in [-0.1, -0.05) is 42.5 Å². The standard InChI is InChI=1S/C23H26N4O2/c1-29-22(28)20(16-17-10-4-2-5-11-17)24-21-18-12-6-7-13-19(18)25-23(26-21)27-14-8-3-9-15-27/h2,4-7,10-13,20H,3,8-9,14-16H2,1H3,(H,24,25,26). The maximum atomic E-state index is 12.5. The number of methoxy groups -OCH3 is 1. The maximum absolute atomic E-state index is 12.5. The summed E-state index contributed by atoms with van der Waals surface area (Å²) in [4.78, 5) is 24.3. The molecule has 1 unspecified atom stereocenters. The van der Waals surface area contributed by atoms with Gasteiger partial charge < -0.3 is 15.0 Å². The molecule has 2 heterocycles. The summed E-state index contributed by atoms with van der Waals surface area (Å²) in [5, 5.41) is 4.25. The Balaban J connectivity index is 1.69. The largest absolute Gasteiger partial charge is 0.467 e. The van der Waals surface area contributed by atoms with Crippen LogP contribution in [-0.4, -0.2) is 42.2 Å². The molecule has 3 aromatic rings. The zero-order valence-electron chi connectivity index (χ0n) is 16.7. The zero-order valence-corrected chi connectivity index (χ0v) is 16.7. The van der Waals surface area contributed by atoms with Crippen LogP contribution in [-0.2, 0) is 16.0 Å². The zero-order chi connectivity index (χ0) is 20.1. The van der Waals surface area contributed by atoms with Gasteiger partial charge in [0.2, 0.25) is 5.95 Å². The molecule has 2 aromatic carbocycles. The lowest BCUT2D eigenvalue weighted by atomic mass is 10.1. The second kappa shape index (κ2) is 8.90. The van der Waals surface area contributed by atoms with E-state index in [2.05, 4.69) is 10.2 Å². The Kier molecular flexibility index (Phi) is 5.89. The van der Waals surface area contributed by atoms with Crippen LogP contribution in [0.25, 0.3) is 10.9 Å². The number of nitrogens with zero attached hydrogens (tertiary/aromatic N) is 3. The Morgan fingerprint density at radius 3 is 2.52 bits per heavy atom. The van der Waals surface area contributed by atoms with Crippen molar-refractivity contribution >= 4 is 28.6 Å². The number of nitrogens with one attached hydrogen (secondary N) is 1.